The van der Waals surface area contributed by atoms with Crippen LogP contribution in [0.3, 0.4) is 0 Å². The molecule has 0 unspecified atom stereocenters. The third-order valence-corrected chi connectivity index (χ3v) is 3.02. The number of para-hydroxylation sites is 1. The number of benzene rings is 1. The third-order valence-electron chi connectivity index (χ3n) is 3.02. The summed E-state index contributed by atoms with van der Waals surface area (Å²) in [6.07, 6.45) is -4.53. The number of carbonyl (C=O) groups excluding carboxylic acids is 1. The molecule has 0 aliphatic carbocycles. The maximum Gasteiger partial charge on any atom is 0.269 e. The first-order valence-corrected chi connectivity index (χ1v) is 6.01. The van der Waals surface area contributed by atoms with Crippen LogP contribution in [-0.2, 0) is 4.74 Å². The molecule has 20 heavy (non-hydrogen) atoms. The largest absolute Gasteiger partial charge is 0.507 e. The molecular formula is C12H16N2O6. The summed E-state index contributed by atoms with van der Waals surface area (Å²) >= 11 is 0. The molecule has 1 aliphatic heterocycles. The number of nitrogens with one attached hydrogen (secondary N) is 2. The molecule has 0 spiro atoms. The molecule has 1 aromatic rings. The second kappa shape index (κ2) is 6.16. The zero-order chi connectivity index (χ0) is 14.7. The molecule has 1 saturated heterocycles. The number of phenols is 1. The van der Waals surface area contributed by atoms with Crippen LogP contribution in [0.4, 0.5) is 0 Å². The maximum absolute atomic E-state index is 11.8. The van der Waals surface area contributed by atoms with Gasteiger partial charge in [0.15, 0.2) is 6.23 Å². The number of aliphatic hydroxyl groups excluding tert-OH is 3. The average molecular weight is 284 g/mol. The molecule has 0 bridgehead atoms. The summed E-state index contributed by atoms with van der Waals surface area (Å²) in [4.78, 5) is 11.8. The Morgan fingerprint density at radius 3 is 2.55 bits per heavy atom. The minimum atomic E-state index is -1.29. The minimum Gasteiger partial charge on any atom is -0.507 e. The molecule has 6 N–H and O–H groups in total. The number of carbonyl (C=O) groups is 1. The van der Waals surface area contributed by atoms with E-state index in [2.05, 4.69) is 10.9 Å². The molecule has 0 aromatic heterocycles. The van der Waals surface area contributed by atoms with Crippen molar-refractivity contribution in [3.63, 3.8) is 0 Å². The van der Waals surface area contributed by atoms with E-state index in [-0.39, 0.29) is 11.3 Å². The molecule has 8 heteroatoms. The normalized spacial score (nSPS) is 29.4. The lowest BCUT2D eigenvalue weighted by molar-refractivity contribution is -0.0375. The van der Waals surface area contributed by atoms with Gasteiger partial charge < -0.3 is 25.2 Å². The number of phenolic OH excluding ortho intramolecular Hbond substituents is 1. The number of amides is 1. The van der Waals surface area contributed by atoms with Crippen LogP contribution in [0.5, 0.6) is 5.75 Å². The van der Waals surface area contributed by atoms with Crippen molar-refractivity contribution in [2.75, 3.05) is 6.61 Å². The maximum atomic E-state index is 11.8. The third kappa shape index (κ3) is 2.89. The van der Waals surface area contributed by atoms with Crippen LogP contribution in [0.2, 0.25) is 0 Å². The number of hydrogen-bond acceptors (Lipinski definition) is 7. The Morgan fingerprint density at radius 2 is 1.95 bits per heavy atom. The Balaban J connectivity index is 1.93. The Morgan fingerprint density at radius 1 is 1.25 bits per heavy atom. The van der Waals surface area contributed by atoms with Gasteiger partial charge in [0.25, 0.3) is 5.91 Å². The summed E-state index contributed by atoms with van der Waals surface area (Å²) in [7, 11) is 0. The summed E-state index contributed by atoms with van der Waals surface area (Å²) in [5.41, 5.74) is 4.70. The number of ether oxygens (including phenoxy) is 1. The highest BCUT2D eigenvalue weighted by atomic mass is 16.6. The van der Waals surface area contributed by atoms with Crippen molar-refractivity contribution in [2.45, 2.75) is 24.5 Å². The van der Waals surface area contributed by atoms with Crippen LogP contribution < -0.4 is 10.9 Å². The summed E-state index contributed by atoms with van der Waals surface area (Å²) in [6.45, 7) is -0.455. The van der Waals surface area contributed by atoms with Gasteiger partial charge in [-0.05, 0) is 12.1 Å². The first-order valence-electron chi connectivity index (χ1n) is 6.01. The van der Waals surface area contributed by atoms with Gasteiger partial charge in [-0.1, -0.05) is 12.1 Å². The molecule has 2 rings (SSSR count). The quantitative estimate of drug-likeness (QED) is 0.355. The fourth-order valence-electron chi connectivity index (χ4n) is 1.89. The van der Waals surface area contributed by atoms with Gasteiger partial charge in [-0.3, -0.25) is 10.2 Å². The Labute approximate surface area is 114 Å². The average Bonchev–Trinajstić information content (AvgIpc) is 2.72. The molecule has 0 radical (unpaired) electrons. The molecule has 1 heterocycles. The van der Waals surface area contributed by atoms with E-state index in [1.807, 2.05) is 0 Å². The van der Waals surface area contributed by atoms with Crippen molar-refractivity contribution in [2.24, 2.45) is 0 Å². The van der Waals surface area contributed by atoms with Crippen LogP contribution in [0.25, 0.3) is 0 Å². The van der Waals surface area contributed by atoms with E-state index in [1.165, 1.54) is 12.1 Å². The van der Waals surface area contributed by atoms with Crippen molar-refractivity contribution < 1.29 is 30.0 Å². The molecule has 1 aliphatic rings. The second-order valence-corrected chi connectivity index (χ2v) is 4.37. The van der Waals surface area contributed by atoms with Gasteiger partial charge in [0.05, 0.1) is 12.2 Å². The topological polar surface area (TPSA) is 131 Å². The number of hydrazine groups is 1. The van der Waals surface area contributed by atoms with Crippen LogP contribution in [0, 0.1) is 0 Å². The Kier molecular flexibility index (Phi) is 4.53. The van der Waals surface area contributed by atoms with E-state index in [9.17, 15) is 20.1 Å². The van der Waals surface area contributed by atoms with Crippen molar-refractivity contribution in [3.8, 4) is 5.75 Å². The highest BCUT2D eigenvalue weighted by molar-refractivity contribution is 5.96. The zero-order valence-electron chi connectivity index (χ0n) is 10.4. The van der Waals surface area contributed by atoms with Crippen LogP contribution in [-0.4, -0.2) is 57.5 Å². The molecule has 1 aromatic carbocycles. The standard InChI is InChI=1S/C12H16N2O6/c15-5-8-9(17)10(18)12(20-8)14-13-11(19)6-3-1-2-4-7(6)16/h1-4,8-10,12,14-18H,5H2,(H,13,19)/t8-,9+,10-,12+/m0/s1. The lowest BCUT2D eigenvalue weighted by atomic mass is 10.1. The first-order chi connectivity index (χ1) is 9.54. The number of rotatable bonds is 4. The van der Waals surface area contributed by atoms with Gasteiger partial charge in [-0.15, -0.1) is 0 Å². The van der Waals surface area contributed by atoms with E-state index in [1.54, 1.807) is 12.1 Å². The monoisotopic (exact) mass is 284 g/mol. The summed E-state index contributed by atoms with van der Waals surface area (Å²) < 4.78 is 5.11. The number of aromatic hydroxyl groups is 1. The summed E-state index contributed by atoms with van der Waals surface area (Å²) in [5.74, 6) is -0.811. The van der Waals surface area contributed by atoms with E-state index in [0.717, 1.165) is 0 Å². The lowest BCUT2D eigenvalue weighted by Gasteiger charge is -2.17. The van der Waals surface area contributed by atoms with Crippen molar-refractivity contribution >= 4 is 5.91 Å². The van der Waals surface area contributed by atoms with Crippen LogP contribution >= 0.6 is 0 Å². The van der Waals surface area contributed by atoms with Gasteiger partial charge in [0, 0.05) is 0 Å². The molecule has 8 nitrogen and oxygen atoms in total. The van der Waals surface area contributed by atoms with E-state index in [0.29, 0.717) is 0 Å². The van der Waals surface area contributed by atoms with E-state index >= 15 is 0 Å². The molecule has 110 valence electrons. The fraction of sp³-hybridized carbons (Fsp3) is 0.417. The highest BCUT2D eigenvalue weighted by Gasteiger charge is 2.42. The van der Waals surface area contributed by atoms with Crippen LogP contribution in [0.1, 0.15) is 10.4 Å². The van der Waals surface area contributed by atoms with Crippen molar-refractivity contribution in [3.05, 3.63) is 29.8 Å². The summed E-state index contributed by atoms with van der Waals surface area (Å²) in [6, 6.07) is 5.94. The van der Waals surface area contributed by atoms with E-state index < -0.39 is 37.1 Å². The molecular weight excluding hydrogens is 268 g/mol. The predicted octanol–water partition coefficient (Wildman–Crippen LogP) is -1.93. The fourth-order valence-corrected chi connectivity index (χ4v) is 1.89. The summed E-state index contributed by atoms with van der Waals surface area (Å²) in [5, 5.41) is 37.6. The molecule has 0 saturated carbocycles. The zero-order valence-corrected chi connectivity index (χ0v) is 10.4. The van der Waals surface area contributed by atoms with Gasteiger partial charge in [0.2, 0.25) is 0 Å². The van der Waals surface area contributed by atoms with Gasteiger partial charge in [-0.2, -0.15) is 0 Å². The van der Waals surface area contributed by atoms with Gasteiger partial charge >= 0.3 is 0 Å². The predicted molar refractivity (Wildman–Crippen MR) is 66.5 cm³/mol. The van der Waals surface area contributed by atoms with Crippen molar-refractivity contribution in [1.82, 2.24) is 10.9 Å². The molecule has 1 amide bonds. The SMILES string of the molecule is O=C(NN[C@@H]1O[C@@H](CO)[C@@H](O)[C@@H]1O)c1ccccc1O. The second-order valence-electron chi connectivity index (χ2n) is 4.37. The lowest BCUT2D eigenvalue weighted by Crippen LogP contribution is -2.49. The molecule has 4 atom stereocenters. The van der Waals surface area contributed by atoms with Gasteiger partial charge in [0.1, 0.15) is 24.1 Å². The minimum absolute atomic E-state index is 0.0479. The number of hydrogen-bond donors (Lipinski definition) is 6. The highest BCUT2D eigenvalue weighted by Crippen LogP contribution is 2.19. The smallest absolute Gasteiger partial charge is 0.269 e. The van der Waals surface area contributed by atoms with E-state index in [4.69, 9.17) is 9.84 Å². The number of aliphatic hydroxyl groups is 3. The van der Waals surface area contributed by atoms with Crippen LogP contribution in [0.15, 0.2) is 24.3 Å². The Bertz CT molecular complexity index is 483. The Hall–Kier alpha value is -1.71. The van der Waals surface area contributed by atoms with Crippen molar-refractivity contribution in [1.29, 1.82) is 0 Å². The molecule has 1 fully saturated rings. The van der Waals surface area contributed by atoms with Gasteiger partial charge in [-0.25, -0.2) is 5.43 Å². The first kappa shape index (κ1) is 14.7.